The quantitative estimate of drug-likeness (QED) is 0.722. The second-order valence-electron chi connectivity index (χ2n) is 4.14. The molecule has 1 aromatic rings. The van der Waals surface area contributed by atoms with Crippen LogP contribution in [0, 0.1) is 5.92 Å². The van der Waals surface area contributed by atoms with Gasteiger partial charge in [-0.05, 0) is 12.8 Å². The minimum Gasteiger partial charge on any atom is -0.464 e. The van der Waals surface area contributed by atoms with Gasteiger partial charge in [-0.2, -0.15) is 0 Å². The van der Waals surface area contributed by atoms with E-state index < -0.39 is 5.97 Å². The second-order valence-corrected chi connectivity index (χ2v) is 4.14. The zero-order valence-corrected chi connectivity index (χ0v) is 10.2. The largest absolute Gasteiger partial charge is 0.464 e. The SMILES string of the molecule is CCc1c(C(=O)OC)nnn1CC1CCOC1. The second kappa shape index (κ2) is 5.27. The van der Waals surface area contributed by atoms with Crippen LogP contribution < -0.4 is 0 Å². The molecule has 17 heavy (non-hydrogen) atoms. The molecule has 94 valence electrons. The van der Waals surface area contributed by atoms with Gasteiger partial charge in [0.1, 0.15) is 0 Å². The van der Waals surface area contributed by atoms with Crippen molar-refractivity contribution in [2.24, 2.45) is 5.92 Å². The highest BCUT2D eigenvalue weighted by atomic mass is 16.5. The normalized spacial score (nSPS) is 19.5. The first-order chi connectivity index (χ1) is 8.26. The van der Waals surface area contributed by atoms with Gasteiger partial charge in [-0.3, -0.25) is 0 Å². The predicted molar refractivity (Wildman–Crippen MR) is 59.7 cm³/mol. The number of carbonyl (C=O) groups is 1. The van der Waals surface area contributed by atoms with Gasteiger partial charge in [-0.15, -0.1) is 5.10 Å². The number of hydrogen-bond donors (Lipinski definition) is 0. The lowest BCUT2D eigenvalue weighted by molar-refractivity contribution is 0.0592. The lowest BCUT2D eigenvalue weighted by Crippen LogP contribution is -2.15. The standard InChI is InChI=1S/C11H17N3O3/c1-3-9-10(11(15)16-2)12-13-14(9)6-8-4-5-17-7-8/h8H,3-7H2,1-2H3. The lowest BCUT2D eigenvalue weighted by Gasteiger charge is -2.09. The molecule has 1 atom stereocenters. The highest BCUT2D eigenvalue weighted by molar-refractivity contribution is 5.88. The molecule has 0 amide bonds. The molecule has 6 heteroatoms. The van der Waals surface area contributed by atoms with Crippen molar-refractivity contribution >= 4 is 5.97 Å². The van der Waals surface area contributed by atoms with E-state index in [0.717, 1.165) is 31.9 Å². The summed E-state index contributed by atoms with van der Waals surface area (Å²) in [5.74, 6) is 0.0447. The Hall–Kier alpha value is -1.43. The average Bonchev–Trinajstić information content (AvgIpc) is 2.97. The topological polar surface area (TPSA) is 66.2 Å². The lowest BCUT2D eigenvalue weighted by atomic mass is 10.1. The van der Waals surface area contributed by atoms with Crippen LogP contribution >= 0.6 is 0 Å². The van der Waals surface area contributed by atoms with Crippen LogP contribution in [0.5, 0.6) is 0 Å². The number of hydrogen-bond acceptors (Lipinski definition) is 5. The van der Waals surface area contributed by atoms with Crippen LogP contribution in [0.3, 0.4) is 0 Å². The predicted octanol–water partition coefficient (Wildman–Crippen LogP) is 0.664. The van der Waals surface area contributed by atoms with Gasteiger partial charge in [0.2, 0.25) is 0 Å². The molecule has 0 aliphatic carbocycles. The van der Waals surface area contributed by atoms with Crippen molar-refractivity contribution in [3.05, 3.63) is 11.4 Å². The van der Waals surface area contributed by atoms with Crippen molar-refractivity contribution in [3.63, 3.8) is 0 Å². The first-order valence-electron chi connectivity index (χ1n) is 5.84. The maximum Gasteiger partial charge on any atom is 0.360 e. The maximum atomic E-state index is 11.5. The fraction of sp³-hybridized carbons (Fsp3) is 0.727. The maximum absolute atomic E-state index is 11.5. The molecule has 1 aliphatic rings. The summed E-state index contributed by atoms with van der Waals surface area (Å²) in [6.07, 6.45) is 1.75. The Morgan fingerprint density at radius 1 is 1.65 bits per heavy atom. The minimum atomic E-state index is -0.421. The van der Waals surface area contributed by atoms with Crippen LogP contribution in [0.25, 0.3) is 0 Å². The smallest absolute Gasteiger partial charge is 0.360 e. The van der Waals surface area contributed by atoms with Crippen LogP contribution in [-0.4, -0.2) is 41.3 Å². The first kappa shape index (κ1) is 12.0. The molecule has 1 unspecified atom stereocenters. The van der Waals surface area contributed by atoms with E-state index in [1.54, 1.807) is 4.68 Å². The number of ether oxygens (including phenoxy) is 2. The molecule has 1 fully saturated rings. The molecular formula is C11H17N3O3. The molecule has 0 aromatic carbocycles. The van der Waals surface area contributed by atoms with E-state index in [1.807, 2.05) is 6.92 Å². The summed E-state index contributed by atoms with van der Waals surface area (Å²) in [7, 11) is 1.35. The van der Waals surface area contributed by atoms with Crippen molar-refractivity contribution < 1.29 is 14.3 Å². The summed E-state index contributed by atoms with van der Waals surface area (Å²) in [6, 6.07) is 0. The Bertz CT molecular complexity index is 397. The molecule has 0 bridgehead atoms. The van der Waals surface area contributed by atoms with Gasteiger partial charge in [0.25, 0.3) is 0 Å². The monoisotopic (exact) mass is 239 g/mol. The van der Waals surface area contributed by atoms with E-state index in [4.69, 9.17) is 4.74 Å². The fourth-order valence-electron chi connectivity index (χ4n) is 2.06. The van der Waals surface area contributed by atoms with E-state index >= 15 is 0 Å². The number of aromatic nitrogens is 3. The highest BCUT2D eigenvalue weighted by Crippen LogP contribution is 2.16. The molecule has 1 aliphatic heterocycles. The van der Waals surface area contributed by atoms with Crippen molar-refractivity contribution in [3.8, 4) is 0 Å². The summed E-state index contributed by atoms with van der Waals surface area (Å²) < 4.78 is 11.8. The van der Waals surface area contributed by atoms with Crippen molar-refractivity contribution in [1.29, 1.82) is 0 Å². The molecule has 1 aromatic heterocycles. The number of esters is 1. The fourth-order valence-corrected chi connectivity index (χ4v) is 2.06. The summed E-state index contributed by atoms with van der Waals surface area (Å²) in [4.78, 5) is 11.5. The Balaban J connectivity index is 2.16. The molecule has 1 saturated heterocycles. The van der Waals surface area contributed by atoms with Crippen LogP contribution in [0.4, 0.5) is 0 Å². The molecule has 0 radical (unpaired) electrons. The number of rotatable bonds is 4. The summed E-state index contributed by atoms with van der Waals surface area (Å²) in [5, 5.41) is 7.93. The summed E-state index contributed by atoms with van der Waals surface area (Å²) >= 11 is 0. The Morgan fingerprint density at radius 3 is 3.06 bits per heavy atom. The molecule has 2 rings (SSSR count). The molecule has 0 spiro atoms. The zero-order valence-electron chi connectivity index (χ0n) is 10.2. The van der Waals surface area contributed by atoms with E-state index in [9.17, 15) is 4.79 Å². The van der Waals surface area contributed by atoms with E-state index in [1.165, 1.54) is 7.11 Å². The van der Waals surface area contributed by atoms with Gasteiger partial charge in [0.05, 0.1) is 19.4 Å². The molecule has 6 nitrogen and oxygen atoms in total. The number of nitrogens with zero attached hydrogens (tertiary/aromatic N) is 3. The van der Waals surface area contributed by atoms with Crippen molar-refractivity contribution in [2.45, 2.75) is 26.3 Å². The highest BCUT2D eigenvalue weighted by Gasteiger charge is 2.22. The van der Waals surface area contributed by atoms with Crippen LogP contribution in [0.2, 0.25) is 0 Å². The van der Waals surface area contributed by atoms with Crippen molar-refractivity contribution in [1.82, 2.24) is 15.0 Å². The molecule has 2 heterocycles. The third kappa shape index (κ3) is 2.46. The average molecular weight is 239 g/mol. The third-order valence-electron chi connectivity index (χ3n) is 3.01. The Morgan fingerprint density at radius 2 is 2.47 bits per heavy atom. The third-order valence-corrected chi connectivity index (χ3v) is 3.01. The van der Waals surface area contributed by atoms with E-state index in [2.05, 4.69) is 15.0 Å². The van der Waals surface area contributed by atoms with Crippen LogP contribution in [-0.2, 0) is 22.4 Å². The van der Waals surface area contributed by atoms with Gasteiger partial charge >= 0.3 is 5.97 Å². The van der Waals surface area contributed by atoms with Gasteiger partial charge in [-0.1, -0.05) is 12.1 Å². The Labute approximate surface area is 99.9 Å². The van der Waals surface area contributed by atoms with E-state index in [-0.39, 0.29) is 0 Å². The zero-order chi connectivity index (χ0) is 12.3. The number of methoxy groups -OCH3 is 1. The van der Waals surface area contributed by atoms with Crippen LogP contribution in [0.1, 0.15) is 29.5 Å². The van der Waals surface area contributed by atoms with Crippen LogP contribution in [0.15, 0.2) is 0 Å². The van der Waals surface area contributed by atoms with Crippen molar-refractivity contribution in [2.75, 3.05) is 20.3 Å². The molecular weight excluding hydrogens is 222 g/mol. The molecule has 0 N–H and O–H groups in total. The first-order valence-corrected chi connectivity index (χ1v) is 5.84. The Kier molecular flexibility index (Phi) is 3.73. The number of carbonyl (C=O) groups excluding carboxylic acids is 1. The van der Waals surface area contributed by atoms with Gasteiger partial charge in [0, 0.05) is 19.1 Å². The summed E-state index contributed by atoms with van der Waals surface area (Å²) in [5.41, 5.74) is 1.16. The van der Waals surface area contributed by atoms with Gasteiger partial charge < -0.3 is 9.47 Å². The van der Waals surface area contributed by atoms with Gasteiger partial charge in [0.15, 0.2) is 5.69 Å². The van der Waals surface area contributed by atoms with Gasteiger partial charge in [-0.25, -0.2) is 9.48 Å². The molecule has 0 saturated carbocycles. The van der Waals surface area contributed by atoms with E-state index in [0.29, 0.717) is 18.0 Å². The summed E-state index contributed by atoms with van der Waals surface area (Å²) in [6.45, 7) is 4.31. The minimum absolute atomic E-state index is 0.328.